The van der Waals surface area contributed by atoms with Crippen molar-refractivity contribution in [2.45, 2.75) is 34.1 Å². The first-order valence-corrected chi connectivity index (χ1v) is 8.55. The van der Waals surface area contributed by atoms with E-state index in [1.165, 1.54) is 0 Å². The molecule has 24 heavy (non-hydrogen) atoms. The van der Waals surface area contributed by atoms with Crippen LogP contribution in [-0.4, -0.2) is 54.9 Å². The van der Waals surface area contributed by atoms with E-state index in [1.54, 1.807) is 7.11 Å². The summed E-state index contributed by atoms with van der Waals surface area (Å²) in [7, 11) is 1.59. The number of benzene rings is 1. The number of hydrogen-bond donors (Lipinski definition) is 0. The Balaban J connectivity index is 2.06. The number of methoxy groups -OCH3 is 1. The van der Waals surface area contributed by atoms with E-state index in [0.717, 1.165) is 11.1 Å². The molecular formula is C19H28N2O3. The average molecular weight is 332 g/mol. The number of hydrogen-bond acceptors (Lipinski definition) is 3. The van der Waals surface area contributed by atoms with Crippen LogP contribution in [0, 0.1) is 19.8 Å². The molecule has 0 unspecified atom stereocenters. The van der Waals surface area contributed by atoms with Crippen LogP contribution >= 0.6 is 0 Å². The highest BCUT2D eigenvalue weighted by atomic mass is 16.5. The Kier molecular flexibility index (Phi) is 5.86. The number of ether oxygens (including phenoxy) is 1. The van der Waals surface area contributed by atoms with Crippen LogP contribution in [0.25, 0.3) is 0 Å². The zero-order valence-corrected chi connectivity index (χ0v) is 15.4. The van der Waals surface area contributed by atoms with Crippen molar-refractivity contribution < 1.29 is 14.3 Å². The third-order valence-electron chi connectivity index (χ3n) is 4.55. The topological polar surface area (TPSA) is 49.9 Å². The molecule has 1 heterocycles. The maximum Gasteiger partial charge on any atom is 0.257 e. The van der Waals surface area contributed by atoms with Gasteiger partial charge >= 0.3 is 0 Å². The van der Waals surface area contributed by atoms with Crippen molar-refractivity contribution in [1.82, 2.24) is 9.80 Å². The largest absolute Gasteiger partial charge is 0.496 e. The molecule has 5 nitrogen and oxygen atoms in total. The molecule has 0 radical (unpaired) electrons. The van der Waals surface area contributed by atoms with Crippen LogP contribution in [0.5, 0.6) is 5.75 Å². The van der Waals surface area contributed by atoms with Gasteiger partial charge in [0.2, 0.25) is 5.91 Å². The number of carbonyl (C=O) groups excluding carboxylic acids is 2. The van der Waals surface area contributed by atoms with Crippen molar-refractivity contribution in [3.63, 3.8) is 0 Å². The second-order valence-corrected chi connectivity index (χ2v) is 6.91. The molecule has 0 atom stereocenters. The van der Waals surface area contributed by atoms with Gasteiger partial charge in [-0.15, -0.1) is 0 Å². The van der Waals surface area contributed by atoms with Crippen LogP contribution in [0.4, 0.5) is 0 Å². The van der Waals surface area contributed by atoms with Gasteiger partial charge in [0.15, 0.2) is 0 Å². The van der Waals surface area contributed by atoms with Crippen molar-refractivity contribution in [2.75, 3.05) is 33.3 Å². The summed E-state index contributed by atoms with van der Waals surface area (Å²) >= 11 is 0. The van der Waals surface area contributed by atoms with Gasteiger partial charge in [0, 0.05) is 32.6 Å². The predicted molar refractivity (Wildman–Crippen MR) is 94.4 cm³/mol. The molecule has 1 aromatic rings. The Hall–Kier alpha value is -2.04. The standard InChI is InChI=1S/C19H28N2O3/c1-13(2)10-18(22)20-6-8-21(9-7-20)19(23)16-11-14(3)15(4)12-17(16)24-5/h11-13H,6-10H2,1-5H3. The third kappa shape index (κ3) is 4.08. The SMILES string of the molecule is COc1cc(C)c(C)cc1C(=O)N1CCN(C(=O)CC(C)C)CC1. The minimum atomic E-state index is -0.0223. The van der Waals surface area contributed by atoms with Crippen LogP contribution in [-0.2, 0) is 4.79 Å². The summed E-state index contributed by atoms with van der Waals surface area (Å²) in [5, 5.41) is 0. The smallest absolute Gasteiger partial charge is 0.257 e. The lowest BCUT2D eigenvalue weighted by Crippen LogP contribution is -2.50. The Labute approximate surface area is 144 Å². The molecule has 0 N–H and O–H groups in total. The second kappa shape index (κ2) is 7.69. The first kappa shape index (κ1) is 18.3. The predicted octanol–water partition coefficient (Wildman–Crippen LogP) is 2.64. The Bertz CT molecular complexity index is 617. The van der Waals surface area contributed by atoms with Gasteiger partial charge in [-0.05, 0) is 43.0 Å². The van der Waals surface area contributed by atoms with Gasteiger partial charge in [0.25, 0.3) is 5.91 Å². The molecule has 1 fully saturated rings. The summed E-state index contributed by atoms with van der Waals surface area (Å²) in [6.45, 7) is 10.4. The molecule has 0 bridgehead atoms. The van der Waals surface area contributed by atoms with Gasteiger partial charge in [0.1, 0.15) is 5.75 Å². The molecule has 0 aromatic heterocycles. The lowest BCUT2D eigenvalue weighted by molar-refractivity contribution is -0.133. The van der Waals surface area contributed by atoms with E-state index in [1.807, 2.05) is 49.6 Å². The zero-order chi connectivity index (χ0) is 17.9. The summed E-state index contributed by atoms with van der Waals surface area (Å²) in [5.41, 5.74) is 2.78. The zero-order valence-electron chi connectivity index (χ0n) is 15.4. The van der Waals surface area contributed by atoms with Crippen LogP contribution < -0.4 is 4.74 Å². The molecule has 1 saturated heterocycles. The fraction of sp³-hybridized carbons (Fsp3) is 0.579. The van der Waals surface area contributed by atoms with Crippen LogP contribution in [0.2, 0.25) is 0 Å². The highest BCUT2D eigenvalue weighted by Gasteiger charge is 2.26. The van der Waals surface area contributed by atoms with Crippen LogP contribution in [0.1, 0.15) is 41.8 Å². The Morgan fingerprint density at radius 2 is 1.58 bits per heavy atom. The quantitative estimate of drug-likeness (QED) is 0.852. The highest BCUT2D eigenvalue weighted by molar-refractivity contribution is 5.97. The van der Waals surface area contributed by atoms with Gasteiger partial charge in [-0.25, -0.2) is 0 Å². The molecule has 0 spiro atoms. The van der Waals surface area contributed by atoms with Crippen molar-refractivity contribution in [2.24, 2.45) is 5.92 Å². The molecule has 2 amide bonds. The summed E-state index contributed by atoms with van der Waals surface area (Å²) < 4.78 is 5.38. The first-order valence-electron chi connectivity index (χ1n) is 8.55. The average Bonchev–Trinajstić information content (AvgIpc) is 2.55. The number of nitrogens with zero attached hydrogens (tertiary/aromatic N) is 2. The monoisotopic (exact) mass is 332 g/mol. The normalized spacial score (nSPS) is 14.9. The third-order valence-corrected chi connectivity index (χ3v) is 4.55. The van der Waals surface area contributed by atoms with Crippen molar-refractivity contribution in [1.29, 1.82) is 0 Å². The molecule has 1 aromatic carbocycles. The van der Waals surface area contributed by atoms with Crippen LogP contribution in [0.3, 0.4) is 0 Å². The molecule has 2 rings (SSSR count). The first-order chi connectivity index (χ1) is 11.3. The van der Waals surface area contributed by atoms with E-state index in [2.05, 4.69) is 0 Å². The molecular weight excluding hydrogens is 304 g/mol. The summed E-state index contributed by atoms with van der Waals surface area (Å²) in [5.74, 6) is 1.13. The number of piperazine rings is 1. The van der Waals surface area contributed by atoms with Crippen LogP contribution in [0.15, 0.2) is 12.1 Å². The number of carbonyl (C=O) groups is 2. The lowest BCUT2D eigenvalue weighted by atomic mass is 10.0. The van der Waals surface area contributed by atoms with Gasteiger partial charge in [-0.2, -0.15) is 0 Å². The van der Waals surface area contributed by atoms with Crippen molar-refractivity contribution in [3.8, 4) is 5.75 Å². The minimum absolute atomic E-state index is 0.0223. The maximum atomic E-state index is 12.8. The van der Waals surface area contributed by atoms with Crippen molar-refractivity contribution in [3.05, 3.63) is 28.8 Å². The second-order valence-electron chi connectivity index (χ2n) is 6.91. The van der Waals surface area contributed by atoms with Gasteiger partial charge < -0.3 is 14.5 Å². The van der Waals surface area contributed by atoms with Gasteiger partial charge in [-0.1, -0.05) is 13.8 Å². The molecule has 0 aliphatic carbocycles. The number of rotatable bonds is 4. The minimum Gasteiger partial charge on any atom is -0.496 e. The summed E-state index contributed by atoms with van der Waals surface area (Å²) in [6.07, 6.45) is 0.568. The van der Waals surface area contributed by atoms with E-state index in [9.17, 15) is 9.59 Å². The maximum absolute atomic E-state index is 12.8. The number of aryl methyl sites for hydroxylation is 2. The summed E-state index contributed by atoms with van der Waals surface area (Å²) in [4.78, 5) is 28.7. The van der Waals surface area contributed by atoms with E-state index in [0.29, 0.717) is 49.8 Å². The molecule has 132 valence electrons. The summed E-state index contributed by atoms with van der Waals surface area (Å²) in [6, 6.07) is 3.80. The molecule has 1 aliphatic rings. The van der Waals surface area contributed by atoms with E-state index in [4.69, 9.17) is 4.74 Å². The Morgan fingerprint density at radius 3 is 2.12 bits per heavy atom. The molecule has 1 aliphatic heterocycles. The van der Waals surface area contributed by atoms with E-state index in [-0.39, 0.29) is 11.8 Å². The lowest BCUT2D eigenvalue weighted by Gasteiger charge is -2.35. The molecule has 5 heteroatoms. The van der Waals surface area contributed by atoms with E-state index >= 15 is 0 Å². The highest BCUT2D eigenvalue weighted by Crippen LogP contribution is 2.25. The fourth-order valence-corrected chi connectivity index (χ4v) is 2.93. The fourth-order valence-electron chi connectivity index (χ4n) is 2.93. The molecule has 0 saturated carbocycles. The van der Waals surface area contributed by atoms with Gasteiger partial charge in [-0.3, -0.25) is 9.59 Å². The Morgan fingerprint density at radius 1 is 1.04 bits per heavy atom. The van der Waals surface area contributed by atoms with Crippen molar-refractivity contribution >= 4 is 11.8 Å². The van der Waals surface area contributed by atoms with E-state index < -0.39 is 0 Å². The number of amides is 2. The van der Waals surface area contributed by atoms with Gasteiger partial charge in [0.05, 0.1) is 12.7 Å².